The fraction of sp³-hybridized carbons (Fsp3) is 0.500. The number of carbonyl (C=O) groups excluding carboxylic acids is 3. The topological polar surface area (TPSA) is 99.1 Å². The van der Waals surface area contributed by atoms with Gasteiger partial charge in [-0.1, -0.05) is 18.2 Å². The van der Waals surface area contributed by atoms with Crippen molar-refractivity contribution in [1.82, 2.24) is 0 Å². The third-order valence-corrected chi connectivity index (χ3v) is 5.08. The van der Waals surface area contributed by atoms with Crippen molar-refractivity contribution >= 4 is 17.9 Å². The number of fused-ring (bicyclic) bond motifs is 1. The molecule has 29 heavy (non-hydrogen) atoms. The summed E-state index contributed by atoms with van der Waals surface area (Å²) in [4.78, 5) is 35.6. The van der Waals surface area contributed by atoms with Gasteiger partial charge >= 0.3 is 17.9 Å². The van der Waals surface area contributed by atoms with E-state index in [1.165, 1.54) is 13.0 Å². The van der Waals surface area contributed by atoms with Crippen LogP contribution in [0.1, 0.15) is 40.5 Å². The Labute approximate surface area is 170 Å². The van der Waals surface area contributed by atoms with Gasteiger partial charge in [0, 0.05) is 24.5 Å². The van der Waals surface area contributed by atoms with Gasteiger partial charge in [-0.15, -0.1) is 0 Å². The zero-order chi connectivity index (χ0) is 21.7. The first-order valence-electron chi connectivity index (χ1n) is 9.53. The van der Waals surface area contributed by atoms with Crippen LogP contribution < -0.4 is 0 Å². The fourth-order valence-corrected chi connectivity index (χ4v) is 3.29. The van der Waals surface area contributed by atoms with Crippen LogP contribution in [0.5, 0.6) is 0 Å². The van der Waals surface area contributed by atoms with Gasteiger partial charge in [-0.2, -0.15) is 0 Å². The Morgan fingerprint density at radius 2 is 2.03 bits per heavy atom. The highest BCUT2D eigenvalue weighted by Crippen LogP contribution is 2.36. The molecule has 7 nitrogen and oxygen atoms in total. The van der Waals surface area contributed by atoms with Gasteiger partial charge in [0.2, 0.25) is 0 Å². The van der Waals surface area contributed by atoms with E-state index in [0.717, 1.165) is 5.57 Å². The monoisotopic (exact) mass is 404 g/mol. The van der Waals surface area contributed by atoms with Crippen LogP contribution in [0, 0.1) is 5.92 Å². The Morgan fingerprint density at radius 1 is 1.34 bits per heavy atom. The molecule has 0 bridgehead atoms. The number of carbonyl (C=O) groups is 3. The molecular weight excluding hydrogens is 376 g/mol. The van der Waals surface area contributed by atoms with Crippen LogP contribution >= 0.6 is 0 Å². The summed E-state index contributed by atoms with van der Waals surface area (Å²) in [6.07, 6.45) is 3.84. The fourth-order valence-electron chi connectivity index (χ4n) is 3.29. The highest BCUT2D eigenvalue weighted by Gasteiger charge is 2.44. The predicted octanol–water partition coefficient (Wildman–Crippen LogP) is 2.55. The molecule has 1 aliphatic carbocycles. The number of esters is 3. The summed E-state index contributed by atoms with van der Waals surface area (Å²) in [7, 11) is 0. The summed E-state index contributed by atoms with van der Waals surface area (Å²) in [5.74, 6) is -2.11. The molecular formula is C22H28O7. The molecule has 1 saturated heterocycles. The van der Waals surface area contributed by atoms with Gasteiger partial charge in [0.05, 0.1) is 12.0 Å². The normalized spacial score (nSPS) is 31.6. The van der Waals surface area contributed by atoms with Crippen molar-refractivity contribution in [3.05, 3.63) is 47.1 Å². The molecule has 0 saturated carbocycles. The zero-order valence-electron chi connectivity index (χ0n) is 17.3. The first-order valence-corrected chi connectivity index (χ1v) is 9.53. The van der Waals surface area contributed by atoms with E-state index in [0.29, 0.717) is 24.0 Å². The van der Waals surface area contributed by atoms with Crippen LogP contribution in [0.2, 0.25) is 0 Å². The lowest BCUT2D eigenvalue weighted by Crippen LogP contribution is -2.34. The Hall–Kier alpha value is -2.67. The summed E-state index contributed by atoms with van der Waals surface area (Å²) in [6, 6.07) is 0. The smallest absolute Gasteiger partial charge is 0.334 e. The van der Waals surface area contributed by atoms with Crippen molar-refractivity contribution in [3.63, 3.8) is 0 Å². The first-order chi connectivity index (χ1) is 13.6. The van der Waals surface area contributed by atoms with E-state index in [2.05, 4.69) is 6.58 Å². The zero-order valence-corrected chi connectivity index (χ0v) is 17.3. The molecule has 0 amide bonds. The second-order valence-electron chi connectivity index (χ2n) is 7.47. The number of aliphatic hydroxyl groups excluding tert-OH is 1. The maximum Gasteiger partial charge on any atom is 0.334 e. The summed E-state index contributed by atoms with van der Waals surface area (Å²) < 4.78 is 16.0. The molecule has 158 valence electrons. The quantitative estimate of drug-likeness (QED) is 0.333. The van der Waals surface area contributed by atoms with Gasteiger partial charge in [-0.3, -0.25) is 4.79 Å². The summed E-state index contributed by atoms with van der Waals surface area (Å²) in [5, 5.41) is 10.3. The van der Waals surface area contributed by atoms with Crippen molar-refractivity contribution in [2.45, 2.75) is 58.8 Å². The maximum absolute atomic E-state index is 12.6. The average molecular weight is 404 g/mol. The van der Waals surface area contributed by atoms with Gasteiger partial charge in [0.25, 0.3) is 0 Å². The molecule has 0 spiro atoms. The predicted molar refractivity (Wildman–Crippen MR) is 106 cm³/mol. The molecule has 2 rings (SSSR count). The van der Waals surface area contributed by atoms with E-state index in [9.17, 15) is 19.5 Å². The van der Waals surface area contributed by atoms with Crippen molar-refractivity contribution in [2.75, 3.05) is 6.61 Å². The summed E-state index contributed by atoms with van der Waals surface area (Å²) in [5.41, 5.74) is 2.13. The highest BCUT2D eigenvalue weighted by molar-refractivity contribution is 5.92. The Morgan fingerprint density at radius 3 is 2.69 bits per heavy atom. The van der Waals surface area contributed by atoms with E-state index >= 15 is 0 Å². The summed E-state index contributed by atoms with van der Waals surface area (Å²) >= 11 is 0. The van der Waals surface area contributed by atoms with E-state index in [1.807, 2.05) is 13.0 Å². The second-order valence-corrected chi connectivity index (χ2v) is 7.47. The number of aliphatic hydroxyl groups is 1. The number of hydrogen-bond acceptors (Lipinski definition) is 7. The molecule has 0 aromatic rings. The Bertz CT molecular complexity index is 787. The van der Waals surface area contributed by atoms with Gasteiger partial charge in [-0.25, -0.2) is 9.59 Å². The lowest BCUT2D eigenvalue weighted by molar-refractivity contribution is -0.147. The lowest BCUT2D eigenvalue weighted by atomic mass is 9.85. The third kappa shape index (κ3) is 5.90. The number of rotatable bonds is 4. The second kappa shape index (κ2) is 9.69. The summed E-state index contributed by atoms with van der Waals surface area (Å²) in [6.45, 7) is 10.3. The van der Waals surface area contributed by atoms with Gasteiger partial charge in [-0.05, 0) is 44.9 Å². The molecule has 4 atom stereocenters. The lowest BCUT2D eigenvalue weighted by Gasteiger charge is -2.28. The molecule has 1 aliphatic heterocycles. The standard InChI is InChI=1S/C22H28O7/c1-12-6-7-17(24)14(3)11-19-20(15(4)22(26)29-19)18(10-12)28-21(25)13(2)8-9-27-16(5)23/h6,8,11,17-20,24H,4,7,9-10H2,1-3,5H3/b12-6-,13-8+,14-11-. The molecule has 1 fully saturated rings. The van der Waals surface area contributed by atoms with Crippen molar-refractivity contribution < 1.29 is 33.7 Å². The first kappa shape index (κ1) is 22.6. The molecule has 0 aromatic heterocycles. The van der Waals surface area contributed by atoms with E-state index in [1.54, 1.807) is 19.9 Å². The largest absolute Gasteiger partial charge is 0.462 e. The van der Waals surface area contributed by atoms with Crippen molar-refractivity contribution in [2.24, 2.45) is 5.92 Å². The van der Waals surface area contributed by atoms with Crippen LogP contribution in [-0.4, -0.2) is 47.9 Å². The number of hydrogen-bond donors (Lipinski definition) is 1. The minimum Gasteiger partial charge on any atom is -0.462 e. The maximum atomic E-state index is 12.6. The van der Waals surface area contributed by atoms with Crippen LogP contribution in [0.15, 0.2) is 47.1 Å². The average Bonchev–Trinajstić information content (AvgIpc) is 2.91. The van der Waals surface area contributed by atoms with Crippen molar-refractivity contribution in [3.8, 4) is 0 Å². The van der Waals surface area contributed by atoms with Crippen LogP contribution in [0.25, 0.3) is 0 Å². The van der Waals surface area contributed by atoms with Crippen LogP contribution in [-0.2, 0) is 28.6 Å². The molecule has 1 N–H and O–H groups in total. The van der Waals surface area contributed by atoms with Gasteiger partial charge < -0.3 is 19.3 Å². The minimum atomic E-state index is -0.677. The molecule has 0 radical (unpaired) electrons. The Kier molecular flexibility index (Phi) is 7.56. The highest BCUT2D eigenvalue weighted by atomic mass is 16.6. The van der Waals surface area contributed by atoms with E-state index in [-0.39, 0.29) is 12.2 Å². The van der Waals surface area contributed by atoms with Crippen molar-refractivity contribution in [1.29, 1.82) is 0 Å². The number of ether oxygens (including phenoxy) is 3. The van der Waals surface area contributed by atoms with Crippen LogP contribution in [0.4, 0.5) is 0 Å². The van der Waals surface area contributed by atoms with Gasteiger partial charge in [0.1, 0.15) is 18.8 Å². The Balaban J connectivity index is 2.29. The van der Waals surface area contributed by atoms with E-state index < -0.39 is 42.1 Å². The third-order valence-electron chi connectivity index (χ3n) is 5.08. The molecule has 0 aromatic carbocycles. The van der Waals surface area contributed by atoms with Crippen LogP contribution in [0.3, 0.4) is 0 Å². The SMILES string of the molecule is C=C1C(=O)OC2/C=C(/C)C(O)C/C=C(/C)CC(OC(=O)/C(C)=C/COC(C)=O)C12. The molecule has 2 aliphatic rings. The molecule has 1 heterocycles. The van der Waals surface area contributed by atoms with E-state index in [4.69, 9.17) is 14.2 Å². The molecule has 7 heteroatoms. The van der Waals surface area contributed by atoms with Gasteiger partial charge in [0.15, 0.2) is 0 Å². The minimum absolute atomic E-state index is 0.0277. The molecule has 4 unspecified atom stereocenters.